The molecule has 1 N–H and O–H groups in total. The van der Waals surface area contributed by atoms with Gasteiger partial charge in [0.25, 0.3) is 0 Å². The molecule has 1 aromatic heterocycles. The fraction of sp³-hybridized carbons (Fsp3) is 0.600. The zero-order chi connectivity index (χ0) is 11.9. The highest BCUT2D eigenvalue weighted by Crippen LogP contribution is 2.21. The Bertz CT molecular complexity index is 340. The molecule has 0 radical (unpaired) electrons. The van der Waals surface area contributed by atoms with Crippen LogP contribution in [0.5, 0.6) is 0 Å². The van der Waals surface area contributed by atoms with Crippen molar-refractivity contribution in [3.63, 3.8) is 0 Å². The summed E-state index contributed by atoms with van der Waals surface area (Å²) in [5.74, 6) is 1.06. The molecule has 0 spiro atoms. The van der Waals surface area contributed by atoms with Gasteiger partial charge in [-0.1, -0.05) is 18.6 Å². The molecular formula is C15H23NO. The molecule has 2 nitrogen and oxygen atoms in total. The molecule has 0 amide bonds. The highest BCUT2D eigenvalue weighted by Gasteiger charge is 2.11. The molecule has 1 aliphatic carbocycles. The average Bonchev–Trinajstić information content (AvgIpc) is 2.90. The van der Waals surface area contributed by atoms with Crippen molar-refractivity contribution < 1.29 is 4.42 Å². The Balaban J connectivity index is 1.75. The first-order valence-corrected chi connectivity index (χ1v) is 6.85. The SMILES string of the molecule is CCC(NCCC1=CCCCC1)c1ccco1. The van der Waals surface area contributed by atoms with Crippen molar-refractivity contribution in [2.45, 2.75) is 51.5 Å². The molecule has 2 heteroatoms. The van der Waals surface area contributed by atoms with Gasteiger partial charge >= 0.3 is 0 Å². The summed E-state index contributed by atoms with van der Waals surface area (Å²) in [5, 5.41) is 3.58. The molecule has 0 saturated heterocycles. The maximum atomic E-state index is 5.45. The van der Waals surface area contributed by atoms with Crippen LogP contribution in [0, 0.1) is 0 Å². The Morgan fingerprint density at radius 2 is 2.35 bits per heavy atom. The van der Waals surface area contributed by atoms with E-state index in [9.17, 15) is 0 Å². The molecule has 1 unspecified atom stereocenters. The van der Waals surface area contributed by atoms with Crippen LogP contribution >= 0.6 is 0 Å². The number of hydrogen-bond donors (Lipinski definition) is 1. The first-order chi connectivity index (χ1) is 8.40. The van der Waals surface area contributed by atoms with Crippen LogP contribution in [0.15, 0.2) is 34.5 Å². The number of allylic oxidation sites excluding steroid dienone is 1. The molecule has 0 aliphatic heterocycles. The van der Waals surface area contributed by atoms with Gasteiger partial charge in [-0.2, -0.15) is 0 Å². The molecule has 1 atom stereocenters. The number of rotatable bonds is 6. The van der Waals surface area contributed by atoms with E-state index in [1.54, 1.807) is 11.8 Å². The summed E-state index contributed by atoms with van der Waals surface area (Å²) >= 11 is 0. The second-order valence-corrected chi connectivity index (χ2v) is 4.79. The third-order valence-electron chi connectivity index (χ3n) is 3.52. The van der Waals surface area contributed by atoms with Crippen molar-refractivity contribution in [3.8, 4) is 0 Å². The number of furan rings is 1. The fourth-order valence-electron chi connectivity index (χ4n) is 2.47. The van der Waals surface area contributed by atoms with E-state index in [1.165, 1.54) is 32.1 Å². The van der Waals surface area contributed by atoms with Gasteiger partial charge in [0.2, 0.25) is 0 Å². The average molecular weight is 233 g/mol. The largest absolute Gasteiger partial charge is 0.468 e. The lowest BCUT2D eigenvalue weighted by Gasteiger charge is -2.17. The molecule has 17 heavy (non-hydrogen) atoms. The van der Waals surface area contributed by atoms with Crippen molar-refractivity contribution in [2.24, 2.45) is 0 Å². The lowest BCUT2D eigenvalue weighted by molar-refractivity contribution is 0.405. The van der Waals surface area contributed by atoms with Crippen molar-refractivity contribution in [1.82, 2.24) is 5.32 Å². The minimum Gasteiger partial charge on any atom is -0.468 e. The zero-order valence-corrected chi connectivity index (χ0v) is 10.7. The van der Waals surface area contributed by atoms with Gasteiger partial charge in [-0.3, -0.25) is 0 Å². The minimum atomic E-state index is 0.370. The van der Waals surface area contributed by atoms with E-state index >= 15 is 0 Å². The van der Waals surface area contributed by atoms with Crippen LogP contribution in [-0.4, -0.2) is 6.54 Å². The Labute approximate surface area is 104 Å². The van der Waals surface area contributed by atoms with Crippen molar-refractivity contribution >= 4 is 0 Å². The van der Waals surface area contributed by atoms with Gasteiger partial charge in [0.05, 0.1) is 12.3 Å². The van der Waals surface area contributed by atoms with E-state index in [1.807, 2.05) is 6.07 Å². The molecule has 94 valence electrons. The van der Waals surface area contributed by atoms with Crippen LogP contribution in [0.4, 0.5) is 0 Å². The summed E-state index contributed by atoms with van der Waals surface area (Å²) in [5.41, 5.74) is 1.64. The molecule has 0 fully saturated rings. The van der Waals surface area contributed by atoms with Crippen molar-refractivity contribution in [2.75, 3.05) is 6.54 Å². The smallest absolute Gasteiger partial charge is 0.120 e. The summed E-state index contributed by atoms with van der Waals surface area (Å²) in [4.78, 5) is 0. The number of nitrogens with one attached hydrogen (secondary N) is 1. The number of hydrogen-bond acceptors (Lipinski definition) is 2. The zero-order valence-electron chi connectivity index (χ0n) is 10.7. The van der Waals surface area contributed by atoms with Gasteiger partial charge in [0.15, 0.2) is 0 Å². The van der Waals surface area contributed by atoms with E-state index in [-0.39, 0.29) is 0 Å². The topological polar surface area (TPSA) is 25.2 Å². The van der Waals surface area contributed by atoms with E-state index in [4.69, 9.17) is 4.42 Å². The first kappa shape index (κ1) is 12.4. The van der Waals surface area contributed by atoms with Gasteiger partial charge in [0.1, 0.15) is 5.76 Å². The summed E-state index contributed by atoms with van der Waals surface area (Å²) in [6.45, 7) is 3.26. The van der Waals surface area contributed by atoms with E-state index in [0.29, 0.717) is 6.04 Å². The van der Waals surface area contributed by atoms with E-state index in [0.717, 1.165) is 18.7 Å². The molecule has 1 aromatic rings. The molecule has 1 heterocycles. The van der Waals surface area contributed by atoms with Crippen LogP contribution in [0.25, 0.3) is 0 Å². The van der Waals surface area contributed by atoms with Crippen LogP contribution in [0.3, 0.4) is 0 Å². The first-order valence-electron chi connectivity index (χ1n) is 6.85. The molecule has 0 aromatic carbocycles. The summed E-state index contributed by atoms with van der Waals surface area (Å²) in [6, 6.07) is 4.39. The van der Waals surface area contributed by atoms with Crippen LogP contribution in [0.1, 0.15) is 57.3 Å². The predicted octanol–water partition coefficient (Wildman–Crippen LogP) is 4.21. The maximum Gasteiger partial charge on any atom is 0.120 e. The quantitative estimate of drug-likeness (QED) is 0.744. The second-order valence-electron chi connectivity index (χ2n) is 4.79. The lowest BCUT2D eigenvalue weighted by Crippen LogP contribution is -2.22. The van der Waals surface area contributed by atoms with Crippen molar-refractivity contribution in [3.05, 3.63) is 35.8 Å². The molecule has 0 bridgehead atoms. The van der Waals surface area contributed by atoms with Crippen LogP contribution in [-0.2, 0) is 0 Å². The minimum absolute atomic E-state index is 0.370. The second kappa shape index (κ2) is 6.65. The van der Waals surface area contributed by atoms with Gasteiger partial charge in [-0.25, -0.2) is 0 Å². The molecular weight excluding hydrogens is 210 g/mol. The predicted molar refractivity (Wildman–Crippen MR) is 70.9 cm³/mol. The fourth-order valence-corrected chi connectivity index (χ4v) is 2.47. The molecule has 2 rings (SSSR count). The van der Waals surface area contributed by atoms with Gasteiger partial charge in [-0.05, 0) is 57.2 Å². The van der Waals surface area contributed by atoms with Gasteiger partial charge < -0.3 is 9.73 Å². The normalized spacial score (nSPS) is 17.8. The summed E-state index contributed by atoms with van der Waals surface area (Å²) in [7, 11) is 0. The lowest BCUT2D eigenvalue weighted by atomic mass is 9.97. The highest BCUT2D eigenvalue weighted by atomic mass is 16.3. The highest BCUT2D eigenvalue weighted by molar-refractivity contribution is 5.07. The van der Waals surface area contributed by atoms with Crippen LogP contribution in [0.2, 0.25) is 0 Å². The van der Waals surface area contributed by atoms with E-state index < -0.39 is 0 Å². The third kappa shape index (κ3) is 3.74. The van der Waals surface area contributed by atoms with E-state index in [2.05, 4.69) is 24.4 Å². The molecule has 1 aliphatic rings. The van der Waals surface area contributed by atoms with Crippen molar-refractivity contribution in [1.29, 1.82) is 0 Å². The maximum absolute atomic E-state index is 5.45. The summed E-state index contributed by atoms with van der Waals surface area (Å²) < 4.78 is 5.45. The Kier molecular flexibility index (Phi) is 4.87. The van der Waals surface area contributed by atoms with Gasteiger partial charge in [-0.15, -0.1) is 0 Å². The summed E-state index contributed by atoms with van der Waals surface area (Å²) in [6.07, 6.45) is 11.8. The molecule has 0 saturated carbocycles. The Hall–Kier alpha value is -1.02. The Morgan fingerprint density at radius 1 is 1.41 bits per heavy atom. The van der Waals surface area contributed by atoms with Crippen LogP contribution < -0.4 is 5.32 Å². The van der Waals surface area contributed by atoms with Gasteiger partial charge in [0, 0.05) is 0 Å². The third-order valence-corrected chi connectivity index (χ3v) is 3.52. The Morgan fingerprint density at radius 3 is 3.00 bits per heavy atom. The standard InChI is InChI=1S/C15H23NO/c1-2-14(15-9-6-12-17-15)16-11-10-13-7-4-3-5-8-13/h6-7,9,12,14,16H,2-5,8,10-11H2,1H3. The monoisotopic (exact) mass is 233 g/mol.